The molecule has 3 nitrogen and oxygen atoms in total. The second-order valence-corrected chi connectivity index (χ2v) is 5.39. The molecule has 0 spiro atoms. The molecule has 17 heavy (non-hydrogen) atoms. The van der Waals surface area contributed by atoms with Crippen molar-refractivity contribution in [2.24, 2.45) is 0 Å². The predicted molar refractivity (Wildman–Crippen MR) is 76.7 cm³/mol. The first-order valence-corrected chi connectivity index (χ1v) is 7.09. The number of thioether (sulfide) groups is 1. The van der Waals surface area contributed by atoms with Crippen LogP contribution in [-0.2, 0) is 4.79 Å². The third kappa shape index (κ3) is 5.33. The number of carbonyl (C=O) groups excluding carboxylic acids is 1. The van der Waals surface area contributed by atoms with Crippen LogP contribution in [0.25, 0.3) is 0 Å². The Kier molecular flexibility index (Phi) is 6.22. The molecule has 3 N–H and O–H groups in total. The van der Waals surface area contributed by atoms with Gasteiger partial charge in [0.05, 0.1) is 10.7 Å². The van der Waals surface area contributed by atoms with Gasteiger partial charge < -0.3 is 11.1 Å². The van der Waals surface area contributed by atoms with Crippen molar-refractivity contribution in [3.63, 3.8) is 0 Å². The van der Waals surface area contributed by atoms with Gasteiger partial charge in [-0.1, -0.05) is 18.5 Å². The Hall–Kier alpha value is -0.870. The van der Waals surface area contributed by atoms with E-state index in [1.165, 1.54) is 0 Å². The van der Waals surface area contributed by atoms with Gasteiger partial charge in [-0.3, -0.25) is 4.79 Å². The molecule has 0 bridgehead atoms. The average molecular weight is 273 g/mol. The lowest BCUT2D eigenvalue weighted by Crippen LogP contribution is -2.11. The maximum absolute atomic E-state index is 11.6. The lowest BCUT2D eigenvalue weighted by Gasteiger charge is -2.06. The summed E-state index contributed by atoms with van der Waals surface area (Å²) in [5.41, 5.74) is 6.82. The zero-order valence-corrected chi connectivity index (χ0v) is 11.4. The Balaban J connectivity index is 2.37. The predicted octanol–water partition coefficient (Wildman–Crippen LogP) is 3.39. The van der Waals surface area contributed by atoms with Gasteiger partial charge in [0.25, 0.3) is 0 Å². The van der Waals surface area contributed by atoms with Crippen molar-refractivity contribution in [2.75, 3.05) is 22.6 Å². The van der Waals surface area contributed by atoms with Crippen molar-refractivity contribution in [1.82, 2.24) is 0 Å². The molecule has 0 heterocycles. The van der Waals surface area contributed by atoms with E-state index < -0.39 is 0 Å². The summed E-state index contributed by atoms with van der Waals surface area (Å²) in [6, 6.07) is 5.10. The molecule has 0 aromatic heterocycles. The molecular formula is C12H17ClN2OS. The van der Waals surface area contributed by atoms with E-state index in [1.54, 1.807) is 18.2 Å². The molecule has 0 aliphatic carbocycles. The van der Waals surface area contributed by atoms with Gasteiger partial charge in [-0.2, -0.15) is 11.8 Å². The normalized spacial score (nSPS) is 10.2. The summed E-state index contributed by atoms with van der Waals surface area (Å²) in [5, 5.41) is 3.30. The SMILES string of the molecule is CCSCCCC(=O)Nc1ccc(Cl)c(N)c1. The van der Waals surface area contributed by atoms with Crippen molar-refractivity contribution >= 4 is 40.6 Å². The molecule has 0 radical (unpaired) electrons. The minimum atomic E-state index is 0.0171. The summed E-state index contributed by atoms with van der Waals surface area (Å²) < 4.78 is 0. The quantitative estimate of drug-likeness (QED) is 0.616. The minimum Gasteiger partial charge on any atom is -0.397 e. The van der Waals surface area contributed by atoms with Crippen LogP contribution in [0.4, 0.5) is 11.4 Å². The second-order valence-electron chi connectivity index (χ2n) is 3.58. The number of rotatable bonds is 6. The van der Waals surface area contributed by atoms with Gasteiger partial charge in [0.2, 0.25) is 5.91 Å². The molecule has 94 valence electrons. The number of amides is 1. The molecule has 0 aliphatic heterocycles. The smallest absolute Gasteiger partial charge is 0.224 e. The molecule has 0 saturated carbocycles. The Labute approximate surface area is 111 Å². The third-order valence-corrected chi connectivity index (χ3v) is 3.51. The number of nitrogens with two attached hydrogens (primary N) is 1. The molecule has 1 aromatic rings. The topological polar surface area (TPSA) is 55.1 Å². The summed E-state index contributed by atoms with van der Waals surface area (Å²) in [7, 11) is 0. The van der Waals surface area contributed by atoms with Crippen LogP contribution < -0.4 is 11.1 Å². The Morgan fingerprint density at radius 2 is 2.29 bits per heavy atom. The van der Waals surface area contributed by atoms with Crippen LogP contribution in [0.2, 0.25) is 5.02 Å². The van der Waals surface area contributed by atoms with Gasteiger partial charge >= 0.3 is 0 Å². The van der Waals surface area contributed by atoms with Crippen LogP contribution >= 0.6 is 23.4 Å². The van der Waals surface area contributed by atoms with E-state index in [0.717, 1.165) is 17.9 Å². The van der Waals surface area contributed by atoms with Crippen LogP contribution in [0.3, 0.4) is 0 Å². The first-order valence-electron chi connectivity index (χ1n) is 5.56. The van der Waals surface area contributed by atoms with Crippen molar-refractivity contribution in [3.8, 4) is 0 Å². The fourth-order valence-electron chi connectivity index (χ4n) is 1.32. The summed E-state index contributed by atoms with van der Waals surface area (Å²) >= 11 is 7.64. The summed E-state index contributed by atoms with van der Waals surface area (Å²) in [6.45, 7) is 2.11. The highest BCUT2D eigenvalue weighted by Gasteiger charge is 2.03. The molecule has 0 atom stereocenters. The summed E-state index contributed by atoms with van der Waals surface area (Å²) in [5.74, 6) is 2.13. The van der Waals surface area contributed by atoms with Gasteiger partial charge in [-0.25, -0.2) is 0 Å². The Morgan fingerprint density at radius 3 is 2.94 bits per heavy atom. The van der Waals surface area contributed by atoms with E-state index in [9.17, 15) is 4.79 Å². The Morgan fingerprint density at radius 1 is 1.53 bits per heavy atom. The highest BCUT2D eigenvalue weighted by molar-refractivity contribution is 7.99. The highest BCUT2D eigenvalue weighted by Crippen LogP contribution is 2.22. The molecule has 0 aliphatic rings. The number of carbonyl (C=O) groups is 1. The molecule has 1 amide bonds. The highest BCUT2D eigenvalue weighted by atomic mass is 35.5. The fraction of sp³-hybridized carbons (Fsp3) is 0.417. The first kappa shape index (κ1) is 14.2. The number of hydrogen-bond acceptors (Lipinski definition) is 3. The van der Waals surface area contributed by atoms with E-state index in [2.05, 4.69) is 12.2 Å². The summed E-state index contributed by atoms with van der Waals surface area (Å²) in [4.78, 5) is 11.6. The van der Waals surface area contributed by atoms with Gasteiger partial charge in [0.15, 0.2) is 0 Å². The van der Waals surface area contributed by atoms with Gasteiger partial charge in [-0.05, 0) is 36.1 Å². The van der Waals surface area contributed by atoms with E-state index >= 15 is 0 Å². The van der Waals surface area contributed by atoms with Crippen LogP contribution in [0.5, 0.6) is 0 Å². The van der Waals surface area contributed by atoms with Crippen LogP contribution in [-0.4, -0.2) is 17.4 Å². The number of hydrogen-bond donors (Lipinski definition) is 2. The van der Waals surface area contributed by atoms with Crippen LogP contribution in [0, 0.1) is 0 Å². The van der Waals surface area contributed by atoms with Gasteiger partial charge in [0.1, 0.15) is 0 Å². The maximum atomic E-state index is 11.6. The van der Waals surface area contributed by atoms with Crippen LogP contribution in [0.1, 0.15) is 19.8 Å². The van der Waals surface area contributed by atoms with E-state index in [0.29, 0.717) is 22.8 Å². The van der Waals surface area contributed by atoms with Gasteiger partial charge in [-0.15, -0.1) is 0 Å². The fourth-order valence-corrected chi connectivity index (χ4v) is 2.08. The average Bonchev–Trinajstić information content (AvgIpc) is 2.30. The van der Waals surface area contributed by atoms with Crippen molar-refractivity contribution < 1.29 is 4.79 Å². The molecule has 0 unspecified atom stereocenters. The van der Waals surface area contributed by atoms with E-state index in [-0.39, 0.29) is 5.91 Å². The number of nitrogens with one attached hydrogen (secondary N) is 1. The monoisotopic (exact) mass is 272 g/mol. The number of benzene rings is 1. The zero-order chi connectivity index (χ0) is 12.7. The molecule has 1 rings (SSSR count). The summed E-state index contributed by atoms with van der Waals surface area (Å²) in [6.07, 6.45) is 1.43. The molecule has 0 saturated heterocycles. The van der Waals surface area contributed by atoms with Crippen molar-refractivity contribution in [1.29, 1.82) is 0 Å². The van der Waals surface area contributed by atoms with Gasteiger partial charge in [0, 0.05) is 12.1 Å². The van der Waals surface area contributed by atoms with Crippen molar-refractivity contribution in [3.05, 3.63) is 23.2 Å². The number of halogens is 1. The number of anilines is 2. The standard InChI is InChI=1S/C12H17ClN2OS/c1-2-17-7-3-4-12(16)15-9-5-6-10(13)11(14)8-9/h5-6,8H,2-4,7,14H2,1H3,(H,15,16). The minimum absolute atomic E-state index is 0.0171. The lowest BCUT2D eigenvalue weighted by atomic mass is 10.2. The molecule has 1 aromatic carbocycles. The number of nitrogen functional groups attached to an aromatic ring is 1. The second kappa shape index (κ2) is 7.45. The van der Waals surface area contributed by atoms with Crippen molar-refractivity contribution in [2.45, 2.75) is 19.8 Å². The molecular weight excluding hydrogens is 256 g/mol. The lowest BCUT2D eigenvalue weighted by molar-refractivity contribution is -0.116. The maximum Gasteiger partial charge on any atom is 0.224 e. The molecule has 0 fully saturated rings. The third-order valence-electron chi connectivity index (χ3n) is 2.18. The molecule has 5 heteroatoms. The first-order chi connectivity index (χ1) is 8.13. The van der Waals surface area contributed by atoms with E-state index in [1.807, 2.05) is 11.8 Å². The largest absolute Gasteiger partial charge is 0.397 e. The Bertz CT molecular complexity index is 385. The van der Waals surface area contributed by atoms with E-state index in [4.69, 9.17) is 17.3 Å². The van der Waals surface area contributed by atoms with Crippen LogP contribution in [0.15, 0.2) is 18.2 Å². The zero-order valence-electron chi connectivity index (χ0n) is 9.83.